The number of amides is 1. The minimum atomic E-state index is -1.33. The number of benzene rings is 2. The molecule has 0 aliphatic heterocycles. The largest absolute Gasteiger partial charge is 0.493 e. The Kier molecular flexibility index (Phi) is 6.59. The molecule has 0 bridgehead atoms. The number of aryl methyl sites for hydroxylation is 1. The number of rotatable bonds is 8. The molecule has 144 valence electrons. The van der Waals surface area contributed by atoms with Crippen LogP contribution in [0.2, 0.25) is 0 Å². The van der Waals surface area contributed by atoms with Crippen molar-refractivity contribution in [3.05, 3.63) is 53.3 Å². The Morgan fingerprint density at radius 2 is 1.70 bits per heavy atom. The molecular weight excluding hydrogens is 357 g/mol. The number of carboxylic acids is 1. The van der Waals surface area contributed by atoms with Gasteiger partial charge in [-0.3, -0.25) is 4.79 Å². The summed E-state index contributed by atoms with van der Waals surface area (Å²) in [5.41, 5.74) is 0.954. The van der Waals surface area contributed by atoms with E-state index < -0.39 is 23.8 Å². The van der Waals surface area contributed by atoms with Crippen LogP contribution in [0.1, 0.15) is 15.9 Å². The SMILES string of the molecule is COc1cc(C)c(C(=O)NCC(Oc2ccc(F)cc2)C(=O)O)cc1OC. The van der Waals surface area contributed by atoms with Gasteiger partial charge >= 0.3 is 5.97 Å². The average molecular weight is 377 g/mol. The lowest BCUT2D eigenvalue weighted by Crippen LogP contribution is -2.40. The number of carbonyl (C=O) groups excluding carboxylic acids is 1. The third-order valence-electron chi connectivity index (χ3n) is 3.79. The molecule has 2 aromatic rings. The third kappa shape index (κ3) is 5.10. The Bertz CT molecular complexity index is 822. The highest BCUT2D eigenvalue weighted by molar-refractivity contribution is 5.96. The zero-order valence-electron chi connectivity index (χ0n) is 15.1. The van der Waals surface area contributed by atoms with Crippen molar-refractivity contribution >= 4 is 11.9 Å². The molecule has 1 amide bonds. The van der Waals surface area contributed by atoms with Crippen molar-refractivity contribution in [2.45, 2.75) is 13.0 Å². The first kappa shape index (κ1) is 20.0. The molecule has 2 aromatic carbocycles. The van der Waals surface area contributed by atoms with Gasteiger partial charge in [-0.2, -0.15) is 0 Å². The maximum atomic E-state index is 12.9. The smallest absolute Gasteiger partial charge is 0.346 e. The van der Waals surface area contributed by atoms with E-state index in [1.807, 2.05) is 0 Å². The first-order chi connectivity index (χ1) is 12.8. The van der Waals surface area contributed by atoms with Gasteiger partial charge in [0.25, 0.3) is 5.91 Å². The zero-order valence-corrected chi connectivity index (χ0v) is 15.1. The van der Waals surface area contributed by atoms with Crippen LogP contribution in [0.25, 0.3) is 0 Å². The van der Waals surface area contributed by atoms with Gasteiger partial charge in [0.2, 0.25) is 6.10 Å². The predicted molar refractivity (Wildman–Crippen MR) is 95.1 cm³/mol. The summed E-state index contributed by atoms with van der Waals surface area (Å²) in [5.74, 6) is -1.17. The summed E-state index contributed by atoms with van der Waals surface area (Å²) in [6.07, 6.45) is -1.33. The molecule has 7 nitrogen and oxygen atoms in total. The average Bonchev–Trinajstić information content (AvgIpc) is 2.65. The van der Waals surface area contributed by atoms with Gasteiger partial charge in [0.05, 0.1) is 20.8 Å². The van der Waals surface area contributed by atoms with Crippen LogP contribution in [0.4, 0.5) is 4.39 Å². The van der Waals surface area contributed by atoms with Crippen molar-refractivity contribution in [2.75, 3.05) is 20.8 Å². The quantitative estimate of drug-likeness (QED) is 0.734. The fourth-order valence-corrected chi connectivity index (χ4v) is 2.36. The maximum Gasteiger partial charge on any atom is 0.346 e. The van der Waals surface area contributed by atoms with Gasteiger partial charge in [-0.05, 0) is 48.9 Å². The zero-order chi connectivity index (χ0) is 20.0. The van der Waals surface area contributed by atoms with Crippen LogP contribution < -0.4 is 19.5 Å². The summed E-state index contributed by atoms with van der Waals surface area (Å²) < 4.78 is 28.6. The fraction of sp³-hybridized carbons (Fsp3) is 0.263. The summed E-state index contributed by atoms with van der Waals surface area (Å²) in [5, 5.41) is 11.8. The summed E-state index contributed by atoms with van der Waals surface area (Å²) in [6, 6.07) is 8.09. The lowest BCUT2D eigenvalue weighted by molar-refractivity contribution is -0.144. The molecule has 0 saturated heterocycles. The molecule has 1 atom stereocenters. The number of methoxy groups -OCH3 is 2. The Balaban J connectivity index is 2.09. The molecule has 2 N–H and O–H groups in total. The minimum Gasteiger partial charge on any atom is -0.493 e. The molecular formula is C19H20FNO6. The van der Waals surface area contributed by atoms with E-state index in [0.29, 0.717) is 22.6 Å². The number of hydrogen-bond donors (Lipinski definition) is 2. The van der Waals surface area contributed by atoms with Crippen molar-refractivity contribution in [1.82, 2.24) is 5.32 Å². The van der Waals surface area contributed by atoms with Crippen LogP contribution in [0, 0.1) is 12.7 Å². The van der Waals surface area contributed by atoms with Crippen molar-refractivity contribution in [1.29, 1.82) is 0 Å². The van der Waals surface area contributed by atoms with E-state index in [0.717, 1.165) is 12.1 Å². The van der Waals surface area contributed by atoms with Crippen LogP contribution in [0.15, 0.2) is 36.4 Å². The lowest BCUT2D eigenvalue weighted by atomic mass is 10.1. The Morgan fingerprint density at radius 1 is 1.11 bits per heavy atom. The molecule has 0 aromatic heterocycles. The van der Waals surface area contributed by atoms with Crippen LogP contribution in [0.3, 0.4) is 0 Å². The normalized spacial score (nSPS) is 11.4. The number of ether oxygens (including phenoxy) is 3. The van der Waals surface area contributed by atoms with Gasteiger partial charge in [-0.1, -0.05) is 0 Å². The number of carboxylic acid groups (broad SMARTS) is 1. The molecule has 0 aliphatic rings. The second kappa shape index (κ2) is 8.88. The molecule has 0 fully saturated rings. The first-order valence-corrected chi connectivity index (χ1v) is 8.01. The highest BCUT2D eigenvalue weighted by Crippen LogP contribution is 2.30. The Labute approximate surface area is 155 Å². The summed E-state index contributed by atoms with van der Waals surface area (Å²) >= 11 is 0. The number of aliphatic carboxylic acids is 1. The molecule has 0 radical (unpaired) electrons. The van der Waals surface area contributed by atoms with Gasteiger partial charge in [-0.25, -0.2) is 9.18 Å². The van der Waals surface area contributed by atoms with E-state index >= 15 is 0 Å². The third-order valence-corrected chi connectivity index (χ3v) is 3.79. The molecule has 8 heteroatoms. The van der Waals surface area contributed by atoms with Crippen molar-refractivity contribution in [3.63, 3.8) is 0 Å². The number of nitrogens with one attached hydrogen (secondary N) is 1. The van der Waals surface area contributed by atoms with E-state index in [1.165, 1.54) is 32.4 Å². The van der Waals surface area contributed by atoms with Crippen LogP contribution in [-0.4, -0.2) is 43.9 Å². The van der Waals surface area contributed by atoms with Gasteiger partial charge < -0.3 is 24.6 Å². The highest BCUT2D eigenvalue weighted by Gasteiger charge is 2.22. The lowest BCUT2D eigenvalue weighted by Gasteiger charge is -2.17. The van der Waals surface area contributed by atoms with Gasteiger partial charge in [0.15, 0.2) is 11.5 Å². The van der Waals surface area contributed by atoms with E-state index in [4.69, 9.17) is 14.2 Å². The van der Waals surface area contributed by atoms with Crippen LogP contribution in [-0.2, 0) is 4.79 Å². The van der Waals surface area contributed by atoms with Crippen molar-refractivity contribution in [2.24, 2.45) is 0 Å². The molecule has 27 heavy (non-hydrogen) atoms. The second-order valence-corrected chi connectivity index (χ2v) is 5.63. The standard InChI is InChI=1S/C19H20FNO6/c1-11-8-15(25-2)16(26-3)9-14(11)18(22)21-10-17(19(23)24)27-13-6-4-12(20)5-7-13/h4-9,17H,10H2,1-3H3,(H,21,22)(H,23,24). The maximum absolute atomic E-state index is 12.9. The Morgan fingerprint density at radius 3 is 2.26 bits per heavy atom. The van der Waals surface area contributed by atoms with E-state index in [2.05, 4.69) is 5.32 Å². The topological polar surface area (TPSA) is 94.1 Å². The second-order valence-electron chi connectivity index (χ2n) is 5.63. The molecule has 1 unspecified atom stereocenters. The fourth-order valence-electron chi connectivity index (χ4n) is 2.36. The van der Waals surface area contributed by atoms with Gasteiger partial charge in [0.1, 0.15) is 11.6 Å². The summed E-state index contributed by atoms with van der Waals surface area (Å²) in [7, 11) is 2.94. The molecule has 0 saturated carbocycles. The number of halogens is 1. The molecule has 0 aliphatic carbocycles. The first-order valence-electron chi connectivity index (χ1n) is 8.01. The summed E-state index contributed by atoms with van der Waals surface area (Å²) in [4.78, 5) is 23.8. The van der Waals surface area contributed by atoms with Gasteiger partial charge in [0, 0.05) is 5.56 Å². The Hall–Kier alpha value is -3.29. The van der Waals surface area contributed by atoms with E-state index in [1.54, 1.807) is 13.0 Å². The number of hydrogen-bond acceptors (Lipinski definition) is 5. The minimum absolute atomic E-state index is 0.181. The van der Waals surface area contributed by atoms with E-state index in [-0.39, 0.29) is 12.3 Å². The van der Waals surface area contributed by atoms with E-state index in [9.17, 15) is 19.1 Å². The van der Waals surface area contributed by atoms with Crippen LogP contribution in [0.5, 0.6) is 17.2 Å². The highest BCUT2D eigenvalue weighted by atomic mass is 19.1. The van der Waals surface area contributed by atoms with Crippen LogP contribution >= 0.6 is 0 Å². The van der Waals surface area contributed by atoms with Gasteiger partial charge in [-0.15, -0.1) is 0 Å². The predicted octanol–water partition coefficient (Wildman–Crippen LogP) is 2.41. The van der Waals surface area contributed by atoms with Crippen molar-refractivity contribution < 1.29 is 33.3 Å². The summed E-state index contributed by atoms with van der Waals surface area (Å²) in [6.45, 7) is 1.44. The molecule has 2 rings (SSSR count). The molecule has 0 heterocycles. The monoisotopic (exact) mass is 377 g/mol. The number of carbonyl (C=O) groups is 2. The van der Waals surface area contributed by atoms with Crippen molar-refractivity contribution in [3.8, 4) is 17.2 Å². The molecule has 0 spiro atoms.